The van der Waals surface area contributed by atoms with Crippen LogP contribution in [0.15, 0.2) is 61.2 Å². The minimum atomic E-state index is -2.99. The van der Waals surface area contributed by atoms with Crippen LogP contribution in [-0.4, -0.2) is 34.4 Å². The van der Waals surface area contributed by atoms with E-state index in [1.165, 1.54) is 31.6 Å². The molecule has 0 aliphatic rings. The molecule has 3 rings (SSSR count). The maximum Gasteiger partial charge on any atom is 0.387 e. The SMILES string of the molecule is COc1cc(C(=O)NC(Cn2cncn2)c2ccccc2)ccc1OC(F)F. The molecule has 0 saturated carbocycles. The molecule has 0 saturated heterocycles. The summed E-state index contributed by atoms with van der Waals surface area (Å²) in [5.41, 5.74) is 1.13. The summed E-state index contributed by atoms with van der Waals surface area (Å²) in [6.07, 6.45) is 2.97. The van der Waals surface area contributed by atoms with E-state index in [1.54, 1.807) is 11.0 Å². The molecule has 1 unspecified atom stereocenters. The number of aromatic nitrogens is 3. The lowest BCUT2D eigenvalue weighted by Crippen LogP contribution is -2.31. The smallest absolute Gasteiger partial charge is 0.387 e. The zero-order chi connectivity index (χ0) is 19.9. The van der Waals surface area contributed by atoms with Crippen LogP contribution < -0.4 is 14.8 Å². The Bertz CT molecular complexity index is 905. The maximum atomic E-state index is 12.8. The van der Waals surface area contributed by atoms with Crippen LogP contribution in [0.1, 0.15) is 22.0 Å². The van der Waals surface area contributed by atoms with Crippen molar-refractivity contribution in [2.45, 2.75) is 19.2 Å². The Hall–Kier alpha value is -3.49. The summed E-state index contributed by atoms with van der Waals surface area (Å²) in [6.45, 7) is -2.61. The molecule has 1 atom stereocenters. The van der Waals surface area contributed by atoms with Gasteiger partial charge in [-0.3, -0.25) is 9.48 Å². The van der Waals surface area contributed by atoms with Gasteiger partial charge in [-0.25, -0.2) is 4.98 Å². The summed E-state index contributed by atoms with van der Waals surface area (Å²) < 4.78 is 36.0. The van der Waals surface area contributed by atoms with Crippen molar-refractivity contribution in [2.24, 2.45) is 0 Å². The minimum absolute atomic E-state index is 0.0421. The van der Waals surface area contributed by atoms with Crippen molar-refractivity contribution in [3.05, 3.63) is 72.3 Å². The number of methoxy groups -OCH3 is 1. The van der Waals surface area contributed by atoms with E-state index in [2.05, 4.69) is 20.1 Å². The quantitative estimate of drug-likeness (QED) is 0.642. The van der Waals surface area contributed by atoms with Gasteiger partial charge >= 0.3 is 6.61 Å². The van der Waals surface area contributed by atoms with Crippen LogP contribution >= 0.6 is 0 Å². The van der Waals surface area contributed by atoms with E-state index >= 15 is 0 Å². The maximum absolute atomic E-state index is 12.8. The third-order valence-corrected chi connectivity index (χ3v) is 3.99. The van der Waals surface area contributed by atoms with Crippen molar-refractivity contribution >= 4 is 5.91 Å². The van der Waals surface area contributed by atoms with Crippen LogP contribution in [-0.2, 0) is 6.54 Å². The highest BCUT2D eigenvalue weighted by Crippen LogP contribution is 2.29. The molecule has 0 aliphatic carbocycles. The van der Waals surface area contributed by atoms with Crippen LogP contribution in [0.2, 0.25) is 0 Å². The molecule has 3 aromatic rings. The van der Waals surface area contributed by atoms with E-state index in [9.17, 15) is 13.6 Å². The van der Waals surface area contributed by atoms with Gasteiger partial charge in [0.2, 0.25) is 0 Å². The second kappa shape index (κ2) is 8.94. The van der Waals surface area contributed by atoms with Crippen LogP contribution in [0.3, 0.4) is 0 Å². The molecule has 1 amide bonds. The fourth-order valence-corrected chi connectivity index (χ4v) is 2.68. The van der Waals surface area contributed by atoms with Gasteiger partial charge < -0.3 is 14.8 Å². The first kappa shape index (κ1) is 19.3. The van der Waals surface area contributed by atoms with Crippen molar-refractivity contribution in [2.75, 3.05) is 7.11 Å². The summed E-state index contributed by atoms with van der Waals surface area (Å²) in [7, 11) is 1.31. The summed E-state index contributed by atoms with van der Waals surface area (Å²) in [4.78, 5) is 16.7. The summed E-state index contributed by atoms with van der Waals surface area (Å²) in [5, 5.41) is 7.00. The van der Waals surface area contributed by atoms with E-state index in [1.807, 2.05) is 30.3 Å². The number of hydrogen-bond donors (Lipinski definition) is 1. The number of carbonyl (C=O) groups is 1. The van der Waals surface area contributed by atoms with Gasteiger partial charge in [0.15, 0.2) is 11.5 Å². The first-order valence-electron chi connectivity index (χ1n) is 8.38. The van der Waals surface area contributed by atoms with E-state index in [4.69, 9.17) is 4.74 Å². The monoisotopic (exact) mass is 388 g/mol. The largest absolute Gasteiger partial charge is 0.493 e. The van der Waals surface area contributed by atoms with Gasteiger partial charge in [0.05, 0.1) is 19.7 Å². The van der Waals surface area contributed by atoms with Gasteiger partial charge in [0.1, 0.15) is 12.7 Å². The summed E-state index contributed by atoms with van der Waals surface area (Å²) in [5.74, 6) is -0.493. The Kier molecular flexibility index (Phi) is 6.15. The van der Waals surface area contributed by atoms with Crippen LogP contribution in [0.5, 0.6) is 11.5 Å². The molecule has 0 fully saturated rings. The van der Waals surface area contributed by atoms with Crippen LogP contribution in [0, 0.1) is 0 Å². The fourth-order valence-electron chi connectivity index (χ4n) is 2.68. The molecular weight excluding hydrogens is 370 g/mol. The lowest BCUT2D eigenvalue weighted by atomic mass is 10.1. The molecule has 2 aromatic carbocycles. The third kappa shape index (κ3) is 4.81. The number of benzene rings is 2. The zero-order valence-corrected chi connectivity index (χ0v) is 15.0. The molecule has 1 aromatic heterocycles. The second-order valence-corrected chi connectivity index (χ2v) is 5.80. The van der Waals surface area contributed by atoms with Crippen molar-refractivity contribution in [3.8, 4) is 11.5 Å². The highest BCUT2D eigenvalue weighted by molar-refractivity contribution is 5.95. The zero-order valence-electron chi connectivity index (χ0n) is 15.0. The van der Waals surface area contributed by atoms with Crippen LogP contribution in [0.4, 0.5) is 8.78 Å². The molecular formula is C19H18F2N4O3. The molecule has 0 radical (unpaired) electrons. The minimum Gasteiger partial charge on any atom is -0.493 e. The van der Waals surface area contributed by atoms with Gasteiger partial charge in [-0.1, -0.05) is 30.3 Å². The van der Waals surface area contributed by atoms with Gasteiger partial charge in [0, 0.05) is 5.56 Å². The molecule has 1 N–H and O–H groups in total. The standard InChI is InChI=1S/C19H18F2N4O3/c1-27-17-9-14(7-8-16(17)28-19(20)21)18(26)24-15(10-25-12-22-11-23-25)13-5-3-2-4-6-13/h2-9,11-12,15,19H,10H2,1H3,(H,24,26). The van der Waals surface area contributed by atoms with Gasteiger partial charge in [-0.15, -0.1) is 0 Å². The highest BCUT2D eigenvalue weighted by atomic mass is 19.3. The Morgan fingerprint density at radius 2 is 1.96 bits per heavy atom. The van der Waals surface area contributed by atoms with Crippen molar-refractivity contribution < 1.29 is 23.0 Å². The van der Waals surface area contributed by atoms with Gasteiger partial charge in [-0.2, -0.15) is 13.9 Å². The number of nitrogens with one attached hydrogen (secondary N) is 1. The number of carbonyl (C=O) groups excluding carboxylic acids is 1. The third-order valence-electron chi connectivity index (χ3n) is 3.99. The molecule has 7 nitrogen and oxygen atoms in total. The van der Waals surface area contributed by atoms with Crippen molar-refractivity contribution in [1.29, 1.82) is 0 Å². The highest BCUT2D eigenvalue weighted by Gasteiger charge is 2.19. The number of alkyl halides is 2. The molecule has 1 heterocycles. The number of halogens is 2. The van der Waals surface area contributed by atoms with Crippen molar-refractivity contribution in [3.63, 3.8) is 0 Å². The predicted molar refractivity (Wildman–Crippen MR) is 96.3 cm³/mol. The Morgan fingerprint density at radius 3 is 2.61 bits per heavy atom. The lowest BCUT2D eigenvalue weighted by molar-refractivity contribution is -0.0512. The van der Waals surface area contributed by atoms with Gasteiger partial charge in [-0.05, 0) is 23.8 Å². The van der Waals surface area contributed by atoms with Crippen LogP contribution in [0.25, 0.3) is 0 Å². The average molecular weight is 388 g/mol. The number of hydrogen-bond acceptors (Lipinski definition) is 5. The van der Waals surface area contributed by atoms with Crippen molar-refractivity contribution in [1.82, 2.24) is 20.1 Å². The topological polar surface area (TPSA) is 78.3 Å². The molecule has 0 spiro atoms. The first-order chi connectivity index (χ1) is 13.6. The summed E-state index contributed by atoms with van der Waals surface area (Å²) >= 11 is 0. The lowest BCUT2D eigenvalue weighted by Gasteiger charge is -2.19. The molecule has 9 heteroatoms. The predicted octanol–water partition coefficient (Wildman–Crippen LogP) is 3.06. The first-order valence-corrected chi connectivity index (χ1v) is 8.38. The van der Waals surface area contributed by atoms with Gasteiger partial charge in [0.25, 0.3) is 5.91 Å². The molecule has 0 bridgehead atoms. The number of ether oxygens (including phenoxy) is 2. The number of nitrogens with zero attached hydrogens (tertiary/aromatic N) is 3. The van der Waals surface area contributed by atoms with E-state index < -0.39 is 12.5 Å². The Balaban J connectivity index is 1.81. The number of rotatable bonds is 8. The molecule has 28 heavy (non-hydrogen) atoms. The molecule has 146 valence electrons. The fraction of sp³-hybridized carbons (Fsp3) is 0.211. The normalized spacial score (nSPS) is 11.9. The summed E-state index contributed by atoms with van der Waals surface area (Å²) in [6, 6.07) is 13.0. The molecule has 0 aliphatic heterocycles. The van der Waals surface area contributed by atoms with E-state index in [-0.39, 0.29) is 23.1 Å². The Labute approximate surface area is 159 Å². The Morgan fingerprint density at radius 1 is 1.18 bits per heavy atom. The van der Waals surface area contributed by atoms with E-state index in [0.717, 1.165) is 5.56 Å². The van der Waals surface area contributed by atoms with E-state index in [0.29, 0.717) is 6.54 Å². The number of amides is 1. The second-order valence-electron chi connectivity index (χ2n) is 5.80. The average Bonchev–Trinajstić information content (AvgIpc) is 3.21.